The van der Waals surface area contributed by atoms with Crippen LogP contribution in [0.4, 0.5) is 5.69 Å². The molecule has 0 fully saturated rings. The third-order valence-electron chi connectivity index (χ3n) is 5.11. The van der Waals surface area contributed by atoms with Gasteiger partial charge in [0, 0.05) is 18.0 Å². The van der Waals surface area contributed by atoms with Crippen molar-refractivity contribution in [2.45, 2.75) is 19.3 Å². The number of nitrogens with one attached hydrogen (secondary N) is 1. The first-order valence-electron chi connectivity index (χ1n) is 10.4. The summed E-state index contributed by atoms with van der Waals surface area (Å²) in [5.74, 6) is 0.849. The largest absolute Gasteiger partial charge is 0.497 e. The first-order chi connectivity index (χ1) is 15.5. The zero-order valence-electron chi connectivity index (χ0n) is 18.5. The van der Waals surface area contributed by atoms with Gasteiger partial charge >= 0.3 is 5.97 Å². The second-order valence-electron chi connectivity index (χ2n) is 7.15. The van der Waals surface area contributed by atoms with Crippen LogP contribution in [-0.2, 0) is 9.53 Å². The molecule has 0 aromatic heterocycles. The number of hydrogen-bond donors (Lipinski definition) is 1. The summed E-state index contributed by atoms with van der Waals surface area (Å²) in [5, 5.41) is 2.91. The van der Waals surface area contributed by atoms with Gasteiger partial charge in [0.2, 0.25) is 5.91 Å². The van der Waals surface area contributed by atoms with Gasteiger partial charge in [-0.05, 0) is 66.6 Å². The Bertz CT molecular complexity index is 980. The highest BCUT2D eigenvalue weighted by Crippen LogP contribution is 2.31. The highest BCUT2D eigenvalue weighted by Gasteiger charge is 2.19. The molecule has 0 aliphatic rings. The quantitative estimate of drug-likeness (QED) is 0.479. The summed E-state index contributed by atoms with van der Waals surface area (Å²) < 4.78 is 15.5. The fraction of sp³-hybridized carbons (Fsp3) is 0.231. The number of amides is 1. The maximum absolute atomic E-state index is 12.9. The van der Waals surface area contributed by atoms with Crippen molar-refractivity contribution in [3.05, 3.63) is 89.5 Å². The summed E-state index contributed by atoms with van der Waals surface area (Å²) in [6.07, 6.45) is 0.248. The third-order valence-corrected chi connectivity index (χ3v) is 5.11. The molecular formula is C26H27NO5. The minimum Gasteiger partial charge on any atom is -0.497 e. The van der Waals surface area contributed by atoms with Crippen LogP contribution in [-0.4, -0.2) is 32.7 Å². The molecule has 1 N–H and O–H groups in total. The lowest BCUT2D eigenvalue weighted by Crippen LogP contribution is -2.16. The average molecular weight is 434 g/mol. The lowest BCUT2D eigenvalue weighted by molar-refractivity contribution is -0.116. The van der Waals surface area contributed by atoms with Gasteiger partial charge in [-0.3, -0.25) is 4.79 Å². The summed E-state index contributed by atoms with van der Waals surface area (Å²) in [4.78, 5) is 24.7. The van der Waals surface area contributed by atoms with Crippen molar-refractivity contribution >= 4 is 17.6 Å². The SMILES string of the molecule is CCOC(=O)c1ccc(NC(=O)CC(c2ccc(OC)cc2)c2ccc(OC)cc2)cc1. The van der Waals surface area contributed by atoms with E-state index < -0.39 is 0 Å². The number of methoxy groups -OCH3 is 2. The first-order valence-corrected chi connectivity index (χ1v) is 10.4. The van der Waals surface area contributed by atoms with Crippen LogP contribution in [0.3, 0.4) is 0 Å². The van der Waals surface area contributed by atoms with E-state index >= 15 is 0 Å². The molecule has 6 nitrogen and oxygen atoms in total. The second kappa shape index (κ2) is 11.0. The topological polar surface area (TPSA) is 73.9 Å². The molecule has 0 saturated carbocycles. The van der Waals surface area contributed by atoms with Gasteiger partial charge in [0.05, 0.1) is 26.4 Å². The Kier molecular flexibility index (Phi) is 7.86. The molecule has 0 radical (unpaired) electrons. The molecule has 166 valence electrons. The minimum atomic E-state index is -0.385. The van der Waals surface area contributed by atoms with E-state index in [9.17, 15) is 9.59 Å². The van der Waals surface area contributed by atoms with Gasteiger partial charge in [-0.2, -0.15) is 0 Å². The number of rotatable bonds is 9. The van der Waals surface area contributed by atoms with Gasteiger partial charge in [-0.25, -0.2) is 4.79 Å². The predicted molar refractivity (Wildman–Crippen MR) is 123 cm³/mol. The van der Waals surface area contributed by atoms with E-state index in [0.717, 1.165) is 22.6 Å². The first kappa shape index (κ1) is 22.9. The Hall–Kier alpha value is -3.80. The number of esters is 1. The maximum Gasteiger partial charge on any atom is 0.338 e. The summed E-state index contributed by atoms with van der Waals surface area (Å²) in [5.41, 5.74) is 3.07. The number of hydrogen-bond acceptors (Lipinski definition) is 5. The van der Waals surface area contributed by atoms with Crippen molar-refractivity contribution in [1.82, 2.24) is 0 Å². The second-order valence-corrected chi connectivity index (χ2v) is 7.15. The normalized spacial score (nSPS) is 10.5. The smallest absolute Gasteiger partial charge is 0.338 e. The predicted octanol–water partition coefficient (Wildman–Crippen LogP) is 5.04. The van der Waals surface area contributed by atoms with E-state index in [1.54, 1.807) is 45.4 Å². The molecule has 3 aromatic rings. The van der Waals surface area contributed by atoms with E-state index in [2.05, 4.69) is 5.32 Å². The number of benzene rings is 3. The summed E-state index contributed by atoms with van der Waals surface area (Å²) >= 11 is 0. The lowest BCUT2D eigenvalue weighted by atomic mass is 9.88. The van der Waals surface area contributed by atoms with Crippen molar-refractivity contribution in [1.29, 1.82) is 0 Å². The van der Waals surface area contributed by atoms with Crippen molar-refractivity contribution in [2.75, 3.05) is 26.1 Å². The molecule has 0 aliphatic carbocycles. The molecule has 0 atom stereocenters. The average Bonchev–Trinajstić information content (AvgIpc) is 2.83. The van der Waals surface area contributed by atoms with Crippen LogP contribution in [0.2, 0.25) is 0 Å². The Morgan fingerprint density at radius 2 is 1.28 bits per heavy atom. The van der Waals surface area contributed by atoms with Crippen LogP contribution in [0.25, 0.3) is 0 Å². The third kappa shape index (κ3) is 5.88. The Morgan fingerprint density at radius 3 is 1.72 bits per heavy atom. The van der Waals surface area contributed by atoms with Crippen molar-refractivity contribution in [3.63, 3.8) is 0 Å². The molecule has 1 amide bonds. The van der Waals surface area contributed by atoms with Gasteiger partial charge in [0.15, 0.2) is 0 Å². The number of carbonyl (C=O) groups is 2. The standard InChI is InChI=1S/C26H27NO5/c1-4-32-26(29)20-5-11-21(12-6-20)27-25(28)17-24(18-7-13-22(30-2)14-8-18)19-9-15-23(31-3)16-10-19/h5-16,24H,4,17H2,1-3H3,(H,27,28). The molecule has 0 saturated heterocycles. The highest BCUT2D eigenvalue weighted by molar-refractivity contribution is 5.93. The van der Waals surface area contributed by atoms with Crippen LogP contribution >= 0.6 is 0 Å². The van der Waals surface area contributed by atoms with Crippen LogP contribution in [0.5, 0.6) is 11.5 Å². The van der Waals surface area contributed by atoms with E-state index in [4.69, 9.17) is 14.2 Å². The highest BCUT2D eigenvalue weighted by atomic mass is 16.5. The molecule has 0 unspecified atom stereocenters. The Labute approximate surface area is 188 Å². The number of anilines is 1. The van der Waals surface area contributed by atoms with Crippen LogP contribution in [0.1, 0.15) is 40.7 Å². The van der Waals surface area contributed by atoms with E-state index in [0.29, 0.717) is 17.9 Å². The van der Waals surface area contributed by atoms with Gasteiger partial charge in [0.1, 0.15) is 11.5 Å². The Balaban J connectivity index is 1.77. The monoisotopic (exact) mass is 433 g/mol. The fourth-order valence-electron chi connectivity index (χ4n) is 3.40. The van der Waals surface area contributed by atoms with Crippen LogP contribution in [0.15, 0.2) is 72.8 Å². The van der Waals surface area contributed by atoms with Crippen LogP contribution in [0, 0.1) is 0 Å². The molecule has 0 bridgehead atoms. The molecule has 6 heteroatoms. The minimum absolute atomic E-state index is 0.134. The zero-order chi connectivity index (χ0) is 22.9. The van der Waals surface area contributed by atoms with Gasteiger partial charge in [-0.15, -0.1) is 0 Å². The van der Waals surface area contributed by atoms with Crippen molar-refractivity contribution in [2.24, 2.45) is 0 Å². The van der Waals surface area contributed by atoms with Gasteiger partial charge < -0.3 is 19.5 Å². The molecule has 0 aliphatic heterocycles. The lowest BCUT2D eigenvalue weighted by Gasteiger charge is -2.19. The molecule has 3 aromatic carbocycles. The zero-order valence-corrected chi connectivity index (χ0v) is 18.5. The number of ether oxygens (including phenoxy) is 3. The van der Waals surface area contributed by atoms with Crippen molar-refractivity contribution in [3.8, 4) is 11.5 Å². The molecule has 32 heavy (non-hydrogen) atoms. The van der Waals surface area contributed by atoms with Crippen molar-refractivity contribution < 1.29 is 23.8 Å². The van der Waals surface area contributed by atoms with E-state index in [1.807, 2.05) is 48.5 Å². The molecular weight excluding hydrogens is 406 g/mol. The number of carbonyl (C=O) groups excluding carboxylic acids is 2. The van der Waals surface area contributed by atoms with E-state index in [-0.39, 0.29) is 24.2 Å². The fourth-order valence-corrected chi connectivity index (χ4v) is 3.40. The molecule has 0 spiro atoms. The van der Waals surface area contributed by atoms with Gasteiger partial charge in [-0.1, -0.05) is 24.3 Å². The summed E-state index contributed by atoms with van der Waals surface area (Å²) in [6.45, 7) is 2.07. The summed E-state index contributed by atoms with van der Waals surface area (Å²) in [7, 11) is 3.24. The van der Waals surface area contributed by atoms with Gasteiger partial charge in [0.25, 0.3) is 0 Å². The molecule has 3 rings (SSSR count). The Morgan fingerprint density at radius 1 is 0.781 bits per heavy atom. The maximum atomic E-state index is 12.9. The van der Waals surface area contributed by atoms with E-state index in [1.165, 1.54) is 0 Å². The molecule has 0 heterocycles. The van der Waals surface area contributed by atoms with Crippen LogP contribution < -0.4 is 14.8 Å². The summed E-state index contributed by atoms with van der Waals surface area (Å²) in [6, 6.07) is 22.1.